The third-order valence-corrected chi connectivity index (χ3v) is 4.56. The second kappa shape index (κ2) is 6.89. The first kappa shape index (κ1) is 17.5. The molecule has 0 amide bonds. The van der Waals surface area contributed by atoms with Crippen LogP contribution in [0.5, 0.6) is 0 Å². The van der Waals surface area contributed by atoms with Gasteiger partial charge in [-0.2, -0.15) is 0 Å². The molecule has 2 fully saturated rings. The van der Waals surface area contributed by atoms with Crippen LogP contribution in [0.3, 0.4) is 0 Å². The van der Waals surface area contributed by atoms with Gasteiger partial charge in [-0.05, 0) is 17.7 Å². The van der Waals surface area contributed by atoms with Crippen LogP contribution in [-0.2, 0) is 28.6 Å². The molecule has 5 atom stereocenters. The summed E-state index contributed by atoms with van der Waals surface area (Å²) < 4.78 is 28.5. The van der Waals surface area contributed by atoms with E-state index in [0.29, 0.717) is 5.56 Å². The molecule has 0 aliphatic carbocycles. The molecule has 8 heteroatoms. The highest BCUT2D eigenvalue weighted by Crippen LogP contribution is 2.43. The number of Topliss-reactive ketones (excluding diaryl/α,β-unsaturated/α-hetero) is 1. The number of carbonyl (C=O) groups is 3. The summed E-state index contributed by atoms with van der Waals surface area (Å²) >= 11 is 0. The van der Waals surface area contributed by atoms with Gasteiger partial charge in [0.2, 0.25) is 6.29 Å². The molecule has 1 aromatic rings. The zero-order chi connectivity index (χ0) is 18.1. The Balaban J connectivity index is 1.99. The van der Waals surface area contributed by atoms with Crippen LogP contribution < -0.4 is 5.32 Å². The lowest BCUT2D eigenvalue weighted by molar-refractivity contribution is -0.209. The molecule has 0 bridgehead atoms. The number of ketones is 1. The molecule has 25 heavy (non-hydrogen) atoms. The van der Waals surface area contributed by atoms with Crippen LogP contribution in [0.15, 0.2) is 24.3 Å². The molecule has 2 saturated heterocycles. The van der Waals surface area contributed by atoms with Crippen molar-refractivity contribution in [3.63, 3.8) is 0 Å². The van der Waals surface area contributed by atoms with E-state index in [4.69, 9.17) is 14.2 Å². The fourth-order valence-electron chi connectivity index (χ4n) is 3.54. The summed E-state index contributed by atoms with van der Waals surface area (Å²) in [5.74, 6) is -3.18. The number of ether oxygens (including phenoxy) is 3. The van der Waals surface area contributed by atoms with Gasteiger partial charge in [-0.3, -0.25) is 19.7 Å². The first-order valence-electron chi connectivity index (χ1n) is 7.83. The van der Waals surface area contributed by atoms with Crippen LogP contribution in [0.4, 0.5) is 4.39 Å². The summed E-state index contributed by atoms with van der Waals surface area (Å²) in [6.45, 7) is 0.994. The summed E-state index contributed by atoms with van der Waals surface area (Å²) in [6, 6.07) is 4.24. The van der Waals surface area contributed by atoms with Gasteiger partial charge in [0.15, 0.2) is 5.78 Å². The molecule has 2 aliphatic heterocycles. The third kappa shape index (κ3) is 3.27. The molecule has 0 spiro atoms. The Morgan fingerprint density at radius 3 is 2.56 bits per heavy atom. The van der Waals surface area contributed by atoms with Crippen molar-refractivity contribution in [3.8, 4) is 0 Å². The van der Waals surface area contributed by atoms with Crippen molar-refractivity contribution in [3.05, 3.63) is 35.6 Å². The quantitative estimate of drug-likeness (QED) is 0.803. The smallest absolute Gasteiger partial charge is 0.323 e. The van der Waals surface area contributed by atoms with Crippen LogP contribution in [0.2, 0.25) is 0 Å². The number of carbonyl (C=O) groups excluding carboxylic acids is 3. The Kier molecular flexibility index (Phi) is 4.82. The number of esters is 2. The topological polar surface area (TPSA) is 90.9 Å². The normalized spacial score (nSPS) is 31.3. The average molecular weight is 351 g/mol. The Morgan fingerprint density at radius 1 is 1.28 bits per heavy atom. The standard InChI is InChI=1S/C17H18FNO6/c1-8(20)25-17-13-12(11(21)7-24-17)14(19-15(13)16(22)23-2)9-3-5-10(18)6-4-9/h3-6,12-15,17,19H,7H2,1-2H3/t12-,13+,14-,15-,17+/m0/s1. The first-order chi connectivity index (χ1) is 11.9. The minimum atomic E-state index is -1.04. The van der Waals surface area contributed by atoms with Crippen molar-refractivity contribution < 1.29 is 33.0 Å². The lowest BCUT2D eigenvalue weighted by atomic mass is 9.79. The van der Waals surface area contributed by atoms with Crippen molar-refractivity contribution in [2.24, 2.45) is 11.8 Å². The highest BCUT2D eigenvalue weighted by molar-refractivity contribution is 5.87. The number of hydrogen-bond donors (Lipinski definition) is 1. The van der Waals surface area contributed by atoms with E-state index >= 15 is 0 Å². The van der Waals surface area contributed by atoms with Crippen LogP contribution in [-0.4, -0.2) is 43.8 Å². The van der Waals surface area contributed by atoms with E-state index in [-0.39, 0.29) is 12.4 Å². The van der Waals surface area contributed by atoms with E-state index in [1.54, 1.807) is 12.1 Å². The van der Waals surface area contributed by atoms with Gasteiger partial charge in [0.25, 0.3) is 0 Å². The molecular weight excluding hydrogens is 333 g/mol. The number of benzene rings is 1. The summed E-state index contributed by atoms with van der Waals surface area (Å²) in [5.41, 5.74) is 0.652. The number of methoxy groups -OCH3 is 1. The van der Waals surface area contributed by atoms with Gasteiger partial charge in [-0.15, -0.1) is 0 Å². The molecule has 3 rings (SSSR count). The van der Waals surface area contributed by atoms with Crippen LogP contribution >= 0.6 is 0 Å². The lowest BCUT2D eigenvalue weighted by Crippen LogP contribution is -2.49. The Morgan fingerprint density at radius 2 is 1.96 bits per heavy atom. The maximum atomic E-state index is 13.2. The van der Waals surface area contributed by atoms with Gasteiger partial charge < -0.3 is 14.2 Å². The second-order valence-electron chi connectivity index (χ2n) is 6.05. The van der Waals surface area contributed by atoms with E-state index in [9.17, 15) is 18.8 Å². The molecule has 2 heterocycles. The Labute approximate surface area is 143 Å². The van der Waals surface area contributed by atoms with E-state index in [0.717, 1.165) is 0 Å². The van der Waals surface area contributed by atoms with E-state index in [2.05, 4.69) is 5.32 Å². The highest BCUT2D eigenvalue weighted by Gasteiger charge is 2.57. The number of fused-ring (bicyclic) bond motifs is 1. The Bertz CT molecular complexity index is 691. The van der Waals surface area contributed by atoms with Crippen molar-refractivity contribution in [1.82, 2.24) is 5.32 Å². The minimum absolute atomic E-state index is 0.221. The molecule has 0 saturated carbocycles. The summed E-state index contributed by atoms with van der Waals surface area (Å²) in [4.78, 5) is 36.0. The molecule has 0 aromatic heterocycles. The average Bonchev–Trinajstić information content (AvgIpc) is 2.99. The molecule has 1 aromatic carbocycles. The van der Waals surface area contributed by atoms with Gasteiger partial charge in [-0.1, -0.05) is 12.1 Å². The number of hydrogen-bond acceptors (Lipinski definition) is 7. The predicted octanol–water partition coefficient (Wildman–Crippen LogP) is 0.732. The SMILES string of the molecule is COC(=O)[C@H]1N[C@@H](c2ccc(F)cc2)[C@H]2C(=O)CO[C@H](OC(C)=O)[C@H]21. The predicted molar refractivity (Wildman–Crippen MR) is 81.6 cm³/mol. The second-order valence-corrected chi connectivity index (χ2v) is 6.05. The van der Waals surface area contributed by atoms with Gasteiger partial charge in [0.1, 0.15) is 18.5 Å². The largest absolute Gasteiger partial charge is 0.468 e. The lowest BCUT2D eigenvalue weighted by Gasteiger charge is -2.34. The monoisotopic (exact) mass is 351 g/mol. The van der Waals surface area contributed by atoms with Gasteiger partial charge in [0, 0.05) is 13.0 Å². The van der Waals surface area contributed by atoms with E-state index in [1.807, 2.05) is 0 Å². The summed E-state index contributed by atoms with van der Waals surface area (Å²) in [7, 11) is 1.23. The Hall–Kier alpha value is -2.32. The van der Waals surface area contributed by atoms with Gasteiger partial charge in [-0.25, -0.2) is 4.39 Å². The molecule has 2 aliphatic rings. The third-order valence-electron chi connectivity index (χ3n) is 4.56. The van der Waals surface area contributed by atoms with E-state index < -0.39 is 48.0 Å². The van der Waals surface area contributed by atoms with Gasteiger partial charge >= 0.3 is 11.9 Å². The minimum Gasteiger partial charge on any atom is -0.468 e. The maximum absolute atomic E-state index is 13.2. The van der Waals surface area contributed by atoms with Gasteiger partial charge in [0.05, 0.1) is 18.9 Å². The summed E-state index contributed by atoms with van der Waals surface area (Å²) in [5, 5.41) is 3.06. The van der Waals surface area contributed by atoms with Crippen molar-refractivity contribution in [2.45, 2.75) is 25.3 Å². The number of nitrogens with one attached hydrogen (secondary N) is 1. The zero-order valence-electron chi connectivity index (χ0n) is 13.7. The van der Waals surface area contributed by atoms with Crippen LogP contribution in [0.1, 0.15) is 18.5 Å². The fourth-order valence-corrected chi connectivity index (χ4v) is 3.54. The highest BCUT2D eigenvalue weighted by atomic mass is 19.1. The van der Waals surface area contributed by atoms with Crippen LogP contribution in [0.25, 0.3) is 0 Å². The first-order valence-corrected chi connectivity index (χ1v) is 7.83. The molecule has 0 unspecified atom stereocenters. The van der Waals surface area contributed by atoms with Crippen molar-refractivity contribution in [1.29, 1.82) is 0 Å². The van der Waals surface area contributed by atoms with Crippen LogP contribution in [0, 0.1) is 17.7 Å². The zero-order valence-corrected chi connectivity index (χ0v) is 13.7. The van der Waals surface area contributed by atoms with Crippen molar-refractivity contribution in [2.75, 3.05) is 13.7 Å². The molecule has 134 valence electrons. The fraction of sp³-hybridized carbons (Fsp3) is 0.471. The molecule has 7 nitrogen and oxygen atoms in total. The number of halogens is 1. The van der Waals surface area contributed by atoms with E-state index in [1.165, 1.54) is 26.2 Å². The molecule has 1 N–H and O–H groups in total. The molecular formula is C17H18FNO6. The summed E-state index contributed by atoms with van der Waals surface area (Å²) in [6.07, 6.45) is -1.04. The number of rotatable bonds is 3. The van der Waals surface area contributed by atoms with Crippen molar-refractivity contribution >= 4 is 17.7 Å². The molecule has 0 radical (unpaired) electrons. The maximum Gasteiger partial charge on any atom is 0.323 e.